The number of hydrogen-bond donors (Lipinski definition) is 1. The molecule has 1 N–H and O–H groups in total. The van der Waals surface area contributed by atoms with E-state index < -0.39 is 0 Å². The lowest BCUT2D eigenvalue weighted by Gasteiger charge is -2.31. The Labute approximate surface area is 136 Å². The first-order chi connectivity index (χ1) is 11.2. The van der Waals surface area contributed by atoms with Crippen molar-refractivity contribution in [2.75, 3.05) is 13.1 Å². The summed E-state index contributed by atoms with van der Waals surface area (Å²) in [5.41, 5.74) is 1.60. The highest BCUT2D eigenvalue weighted by atomic mass is 16.2. The molecule has 2 amide bonds. The monoisotopic (exact) mass is 316 g/mol. The Kier molecular flexibility index (Phi) is 3.83. The average molecular weight is 316 g/mol. The van der Waals surface area contributed by atoms with Gasteiger partial charge >= 0.3 is 0 Å². The van der Waals surface area contributed by atoms with E-state index in [0.29, 0.717) is 18.3 Å². The Balaban J connectivity index is 1.42. The topological polar surface area (TPSA) is 67.2 Å². The summed E-state index contributed by atoms with van der Waals surface area (Å²) in [7, 11) is 0. The molecule has 1 aliphatic carbocycles. The molecule has 0 spiro atoms. The van der Waals surface area contributed by atoms with Crippen molar-refractivity contribution >= 4 is 11.8 Å². The minimum Gasteiger partial charge on any atom is -0.353 e. The number of rotatable bonds is 3. The number of carbonyl (C=O) groups is 2. The number of carbonyl (C=O) groups excluding carboxylic acids is 2. The van der Waals surface area contributed by atoms with Gasteiger partial charge in [0.2, 0.25) is 5.91 Å². The van der Waals surface area contributed by atoms with E-state index in [9.17, 15) is 9.59 Å². The molecule has 1 aromatic heterocycles. The van der Waals surface area contributed by atoms with Gasteiger partial charge in [0.15, 0.2) is 0 Å². The van der Waals surface area contributed by atoms with Gasteiger partial charge in [-0.25, -0.2) is 4.98 Å². The maximum atomic E-state index is 12.4. The van der Waals surface area contributed by atoms with Gasteiger partial charge in [-0.1, -0.05) is 12.8 Å². The maximum absolute atomic E-state index is 12.4. The minimum atomic E-state index is 0.00395. The van der Waals surface area contributed by atoms with Crippen molar-refractivity contribution in [1.29, 1.82) is 0 Å². The highest BCUT2D eigenvalue weighted by Crippen LogP contribution is 2.25. The van der Waals surface area contributed by atoms with E-state index in [-0.39, 0.29) is 17.7 Å². The van der Waals surface area contributed by atoms with Crippen molar-refractivity contribution < 1.29 is 9.59 Å². The van der Waals surface area contributed by atoms with Crippen LogP contribution in [0.25, 0.3) is 0 Å². The van der Waals surface area contributed by atoms with Crippen LogP contribution in [0.4, 0.5) is 0 Å². The Morgan fingerprint density at radius 1 is 1.13 bits per heavy atom. The first-order valence-corrected chi connectivity index (χ1v) is 8.86. The number of nitrogens with one attached hydrogen (secondary N) is 1. The van der Waals surface area contributed by atoms with Crippen LogP contribution in [0.15, 0.2) is 6.33 Å². The van der Waals surface area contributed by atoms with Crippen LogP contribution in [0.2, 0.25) is 0 Å². The summed E-state index contributed by atoms with van der Waals surface area (Å²) in [6, 6.07) is 0.371. The molecule has 0 bridgehead atoms. The predicted octanol–water partition coefficient (Wildman–Crippen LogP) is 1.35. The first-order valence-electron chi connectivity index (χ1n) is 8.86. The van der Waals surface area contributed by atoms with Gasteiger partial charge in [0.05, 0.1) is 17.9 Å². The van der Waals surface area contributed by atoms with Crippen LogP contribution in [0.5, 0.6) is 0 Å². The largest absolute Gasteiger partial charge is 0.353 e. The fourth-order valence-corrected chi connectivity index (χ4v) is 3.92. The van der Waals surface area contributed by atoms with Crippen LogP contribution < -0.4 is 5.32 Å². The first kappa shape index (κ1) is 14.7. The van der Waals surface area contributed by atoms with E-state index in [1.54, 1.807) is 6.33 Å². The number of fused-ring (bicyclic) bond motifs is 1. The zero-order chi connectivity index (χ0) is 15.8. The fraction of sp³-hybridized carbons (Fsp3) is 0.706. The van der Waals surface area contributed by atoms with Gasteiger partial charge in [-0.2, -0.15) is 0 Å². The molecule has 124 valence electrons. The maximum Gasteiger partial charge on any atom is 0.274 e. The summed E-state index contributed by atoms with van der Waals surface area (Å²) in [6.45, 7) is 2.34. The molecule has 23 heavy (non-hydrogen) atoms. The summed E-state index contributed by atoms with van der Waals surface area (Å²) in [6.07, 6.45) is 9.07. The highest BCUT2D eigenvalue weighted by Gasteiger charge is 2.32. The predicted molar refractivity (Wildman–Crippen MR) is 85.0 cm³/mol. The molecular weight excluding hydrogens is 292 g/mol. The number of aromatic nitrogens is 2. The molecule has 4 rings (SSSR count). The Hall–Kier alpha value is -1.85. The molecule has 6 nitrogen and oxygen atoms in total. The lowest BCUT2D eigenvalue weighted by atomic mass is 9.95. The number of imidazole rings is 1. The second-order valence-electron chi connectivity index (χ2n) is 7.06. The van der Waals surface area contributed by atoms with Crippen molar-refractivity contribution in [3.8, 4) is 0 Å². The summed E-state index contributed by atoms with van der Waals surface area (Å²) < 4.78 is 2.01. The zero-order valence-corrected chi connectivity index (χ0v) is 13.5. The van der Waals surface area contributed by atoms with Gasteiger partial charge in [0.1, 0.15) is 5.69 Å². The van der Waals surface area contributed by atoms with Gasteiger partial charge in [-0.3, -0.25) is 9.59 Å². The van der Waals surface area contributed by atoms with Gasteiger partial charge in [0.25, 0.3) is 5.91 Å². The minimum absolute atomic E-state index is 0.00395. The van der Waals surface area contributed by atoms with Crippen molar-refractivity contribution in [3.05, 3.63) is 17.7 Å². The fourth-order valence-electron chi connectivity index (χ4n) is 3.92. The lowest BCUT2D eigenvalue weighted by Crippen LogP contribution is -2.43. The summed E-state index contributed by atoms with van der Waals surface area (Å²) in [4.78, 5) is 31.0. The van der Waals surface area contributed by atoms with Crippen LogP contribution >= 0.6 is 0 Å². The van der Waals surface area contributed by atoms with Crippen LogP contribution in [-0.4, -0.2) is 45.4 Å². The molecule has 1 atom stereocenters. The van der Waals surface area contributed by atoms with E-state index in [1.165, 1.54) is 12.8 Å². The van der Waals surface area contributed by atoms with E-state index in [1.807, 2.05) is 9.47 Å². The number of nitrogens with zero attached hydrogens (tertiary/aromatic N) is 3. The van der Waals surface area contributed by atoms with Crippen LogP contribution in [-0.2, 0) is 17.8 Å². The molecule has 2 fully saturated rings. The lowest BCUT2D eigenvalue weighted by molar-refractivity contribution is -0.126. The summed E-state index contributed by atoms with van der Waals surface area (Å²) >= 11 is 0. The molecule has 0 aromatic carbocycles. The molecule has 6 heteroatoms. The van der Waals surface area contributed by atoms with Crippen molar-refractivity contribution in [3.63, 3.8) is 0 Å². The second kappa shape index (κ2) is 5.98. The molecule has 1 saturated heterocycles. The molecule has 2 aliphatic heterocycles. The molecule has 1 aromatic rings. The third-order valence-electron chi connectivity index (χ3n) is 5.51. The Morgan fingerprint density at radius 2 is 1.91 bits per heavy atom. The molecule has 3 aliphatic rings. The molecular formula is C17H24N4O2. The van der Waals surface area contributed by atoms with E-state index in [2.05, 4.69) is 10.3 Å². The van der Waals surface area contributed by atoms with Crippen molar-refractivity contribution in [1.82, 2.24) is 19.8 Å². The molecule has 0 radical (unpaired) electrons. The molecule has 1 unspecified atom stereocenters. The summed E-state index contributed by atoms with van der Waals surface area (Å²) in [5, 5.41) is 3.20. The van der Waals surface area contributed by atoms with Crippen molar-refractivity contribution in [2.24, 2.45) is 5.92 Å². The van der Waals surface area contributed by atoms with Crippen LogP contribution in [0.1, 0.15) is 54.7 Å². The van der Waals surface area contributed by atoms with Gasteiger partial charge < -0.3 is 14.8 Å². The van der Waals surface area contributed by atoms with E-state index in [0.717, 1.165) is 50.9 Å². The number of amides is 2. The quantitative estimate of drug-likeness (QED) is 0.915. The van der Waals surface area contributed by atoms with Gasteiger partial charge in [0, 0.05) is 25.7 Å². The normalized spacial score (nSPS) is 24.2. The standard InChI is InChI=1S/C17H24N4O2/c22-16(19-13-4-1-2-5-13)12-6-7-14-15(18-11-21(14)10-12)17(23)20-8-3-9-20/h11-13H,1-10H2,(H,19,22). The average Bonchev–Trinajstić information content (AvgIpc) is 3.13. The van der Waals surface area contributed by atoms with E-state index in [4.69, 9.17) is 0 Å². The second-order valence-corrected chi connectivity index (χ2v) is 7.06. The molecule has 1 saturated carbocycles. The van der Waals surface area contributed by atoms with Crippen molar-refractivity contribution in [2.45, 2.75) is 57.5 Å². The smallest absolute Gasteiger partial charge is 0.274 e. The molecule has 3 heterocycles. The van der Waals surface area contributed by atoms with Crippen LogP contribution in [0, 0.1) is 5.92 Å². The van der Waals surface area contributed by atoms with Gasteiger partial charge in [-0.05, 0) is 32.1 Å². The third-order valence-corrected chi connectivity index (χ3v) is 5.51. The third kappa shape index (κ3) is 2.75. The van der Waals surface area contributed by atoms with Gasteiger partial charge in [-0.15, -0.1) is 0 Å². The zero-order valence-electron chi connectivity index (χ0n) is 13.5. The highest BCUT2D eigenvalue weighted by molar-refractivity contribution is 5.94. The SMILES string of the molecule is O=C(NC1CCCC1)C1CCc2c(C(=O)N3CCC3)ncn2C1. The Bertz CT molecular complexity index is 614. The van der Waals surface area contributed by atoms with Crippen LogP contribution in [0.3, 0.4) is 0 Å². The van der Waals surface area contributed by atoms with E-state index >= 15 is 0 Å². The Morgan fingerprint density at radius 3 is 2.61 bits per heavy atom. The number of likely N-dealkylation sites (tertiary alicyclic amines) is 1. The number of hydrogen-bond acceptors (Lipinski definition) is 3. The summed E-state index contributed by atoms with van der Waals surface area (Å²) in [5.74, 6) is 0.231.